The Morgan fingerprint density at radius 1 is 1.27 bits per heavy atom. The van der Waals surface area contributed by atoms with Crippen molar-refractivity contribution in [3.8, 4) is 5.75 Å². The molecule has 1 aromatic heterocycles. The molecule has 2 rings (SSSR count). The first-order chi connectivity index (χ1) is 10.4. The van der Waals surface area contributed by atoms with E-state index in [1.54, 1.807) is 12.1 Å². The summed E-state index contributed by atoms with van der Waals surface area (Å²) in [5.74, 6) is 1.27. The molecule has 3 N–H and O–H groups in total. The Morgan fingerprint density at radius 3 is 2.59 bits per heavy atom. The van der Waals surface area contributed by atoms with Crippen LogP contribution >= 0.6 is 15.9 Å². The van der Waals surface area contributed by atoms with Gasteiger partial charge in [-0.25, -0.2) is 0 Å². The maximum Gasteiger partial charge on any atom is 0.287 e. The van der Waals surface area contributed by atoms with Crippen LogP contribution in [0.5, 0.6) is 5.75 Å². The summed E-state index contributed by atoms with van der Waals surface area (Å²) in [4.78, 5) is 12.0. The molecule has 118 valence electrons. The number of carbonyl (C=O) groups excluding carboxylic acids is 1. The van der Waals surface area contributed by atoms with Crippen molar-refractivity contribution in [3.05, 3.63) is 52.4 Å². The van der Waals surface area contributed by atoms with Gasteiger partial charge in [0.1, 0.15) is 18.1 Å². The van der Waals surface area contributed by atoms with E-state index in [1.807, 2.05) is 38.1 Å². The predicted octanol–water partition coefficient (Wildman–Crippen LogP) is 3.09. The van der Waals surface area contributed by atoms with Gasteiger partial charge in [0.15, 0.2) is 5.76 Å². The summed E-state index contributed by atoms with van der Waals surface area (Å²) in [7, 11) is 0. The molecule has 2 aromatic rings. The van der Waals surface area contributed by atoms with E-state index in [2.05, 4.69) is 21.2 Å². The van der Waals surface area contributed by atoms with Gasteiger partial charge >= 0.3 is 0 Å². The number of benzene rings is 1. The Balaban J connectivity index is 1.93. The van der Waals surface area contributed by atoms with Gasteiger partial charge in [0.05, 0.1) is 0 Å². The Hall–Kier alpha value is -1.79. The second kappa shape index (κ2) is 6.98. The number of rotatable bonds is 6. The summed E-state index contributed by atoms with van der Waals surface area (Å²) in [6.45, 7) is 4.31. The van der Waals surface area contributed by atoms with Crippen LogP contribution < -0.4 is 15.8 Å². The van der Waals surface area contributed by atoms with Crippen molar-refractivity contribution in [2.45, 2.75) is 26.0 Å². The molecule has 0 aliphatic rings. The monoisotopic (exact) mass is 366 g/mol. The smallest absolute Gasteiger partial charge is 0.287 e. The van der Waals surface area contributed by atoms with Gasteiger partial charge < -0.3 is 20.2 Å². The highest BCUT2D eigenvalue weighted by atomic mass is 79.9. The van der Waals surface area contributed by atoms with Crippen LogP contribution in [0.15, 0.2) is 45.3 Å². The molecule has 0 aliphatic heterocycles. The molecule has 0 unspecified atom stereocenters. The fourth-order valence-electron chi connectivity index (χ4n) is 1.68. The molecule has 0 aliphatic carbocycles. The highest BCUT2D eigenvalue weighted by Gasteiger charge is 2.21. The number of hydrogen-bond donors (Lipinski definition) is 2. The number of nitrogens with two attached hydrogens (primary N) is 1. The summed E-state index contributed by atoms with van der Waals surface area (Å²) < 4.78 is 12.1. The lowest BCUT2D eigenvalue weighted by atomic mass is 10.1. The van der Waals surface area contributed by atoms with Crippen molar-refractivity contribution in [2.75, 3.05) is 6.54 Å². The van der Waals surface area contributed by atoms with Crippen LogP contribution in [0, 0.1) is 0 Å². The highest BCUT2D eigenvalue weighted by Crippen LogP contribution is 2.18. The Morgan fingerprint density at radius 2 is 1.95 bits per heavy atom. The Kier molecular flexibility index (Phi) is 5.26. The summed E-state index contributed by atoms with van der Waals surface area (Å²) >= 11 is 3.36. The third-order valence-corrected chi connectivity index (χ3v) is 3.57. The standard InChI is InChI=1S/C16H19BrN2O3/c1-16(2,10-18)19-15(20)14-8-7-13(22-14)9-21-12-5-3-11(17)4-6-12/h3-8H,9-10,18H2,1-2H3,(H,19,20). The molecule has 0 saturated heterocycles. The van der Waals surface area contributed by atoms with Crippen molar-refractivity contribution >= 4 is 21.8 Å². The molecule has 1 amide bonds. The molecule has 22 heavy (non-hydrogen) atoms. The lowest BCUT2D eigenvalue weighted by molar-refractivity contribution is 0.0883. The third-order valence-electron chi connectivity index (χ3n) is 3.04. The van der Waals surface area contributed by atoms with Gasteiger partial charge in [0.25, 0.3) is 5.91 Å². The van der Waals surface area contributed by atoms with Gasteiger partial charge in [-0.2, -0.15) is 0 Å². The summed E-state index contributed by atoms with van der Waals surface area (Å²) in [5, 5.41) is 2.81. The fraction of sp³-hybridized carbons (Fsp3) is 0.312. The van der Waals surface area contributed by atoms with Crippen LogP contribution in [0.4, 0.5) is 0 Å². The molecule has 0 bridgehead atoms. The van der Waals surface area contributed by atoms with E-state index in [0.29, 0.717) is 12.3 Å². The second-order valence-corrected chi connectivity index (χ2v) is 6.47. The average molecular weight is 367 g/mol. The third kappa shape index (κ3) is 4.61. The number of halogens is 1. The van der Waals surface area contributed by atoms with Crippen molar-refractivity contribution in [1.29, 1.82) is 0 Å². The molecular weight excluding hydrogens is 348 g/mol. The molecule has 0 atom stereocenters. The van der Waals surface area contributed by atoms with Gasteiger partial charge in [-0.1, -0.05) is 15.9 Å². The number of furan rings is 1. The van der Waals surface area contributed by atoms with Crippen LogP contribution in [0.3, 0.4) is 0 Å². The molecule has 0 spiro atoms. The Bertz CT molecular complexity index is 635. The second-order valence-electron chi connectivity index (χ2n) is 5.55. The lowest BCUT2D eigenvalue weighted by Gasteiger charge is -2.23. The van der Waals surface area contributed by atoms with E-state index < -0.39 is 5.54 Å². The highest BCUT2D eigenvalue weighted by molar-refractivity contribution is 9.10. The zero-order chi connectivity index (χ0) is 16.2. The molecular formula is C16H19BrN2O3. The zero-order valence-electron chi connectivity index (χ0n) is 12.6. The number of hydrogen-bond acceptors (Lipinski definition) is 4. The van der Waals surface area contributed by atoms with Crippen molar-refractivity contribution < 1.29 is 13.9 Å². The van der Waals surface area contributed by atoms with Crippen molar-refractivity contribution in [3.63, 3.8) is 0 Å². The number of ether oxygens (including phenoxy) is 1. The average Bonchev–Trinajstić information content (AvgIpc) is 2.95. The van der Waals surface area contributed by atoms with Gasteiger partial charge in [-0.3, -0.25) is 4.79 Å². The van der Waals surface area contributed by atoms with Gasteiger partial charge in [-0.15, -0.1) is 0 Å². The number of carbonyl (C=O) groups is 1. The van der Waals surface area contributed by atoms with Crippen LogP contribution in [-0.2, 0) is 6.61 Å². The van der Waals surface area contributed by atoms with Gasteiger partial charge in [0.2, 0.25) is 0 Å². The van der Waals surface area contributed by atoms with Crippen LogP contribution in [0.2, 0.25) is 0 Å². The van der Waals surface area contributed by atoms with E-state index in [0.717, 1.165) is 10.2 Å². The zero-order valence-corrected chi connectivity index (χ0v) is 14.1. The normalized spacial score (nSPS) is 11.3. The first-order valence-corrected chi connectivity index (χ1v) is 7.68. The van der Waals surface area contributed by atoms with Crippen LogP contribution in [0.1, 0.15) is 30.2 Å². The summed E-state index contributed by atoms with van der Waals surface area (Å²) in [6.07, 6.45) is 0. The minimum atomic E-state index is -0.474. The van der Waals surface area contributed by atoms with Crippen molar-refractivity contribution in [1.82, 2.24) is 5.32 Å². The van der Waals surface area contributed by atoms with E-state index in [9.17, 15) is 4.79 Å². The number of amides is 1. The van der Waals surface area contributed by atoms with E-state index in [1.165, 1.54) is 0 Å². The largest absolute Gasteiger partial charge is 0.486 e. The molecule has 0 saturated carbocycles. The first-order valence-electron chi connectivity index (χ1n) is 6.89. The minimum Gasteiger partial charge on any atom is -0.486 e. The van der Waals surface area contributed by atoms with Crippen molar-refractivity contribution in [2.24, 2.45) is 5.73 Å². The lowest BCUT2D eigenvalue weighted by Crippen LogP contribution is -2.48. The minimum absolute atomic E-state index is 0.246. The number of nitrogens with one attached hydrogen (secondary N) is 1. The maximum absolute atomic E-state index is 12.0. The SMILES string of the molecule is CC(C)(CN)NC(=O)c1ccc(COc2ccc(Br)cc2)o1. The van der Waals surface area contributed by atoms with Crippen LogP contribution in [0.25, 0.3) is 0 Å². The van der Waals surface area contributed by atoms with E-state index in [-0.39, 0.29) is 18.3 Å². The molecule has 1 heterocycles. The predicted molar refractivity (Wildman–Crippen MR) is 87.8 cm³/mol. The molecule has 6 heteroatoms. The summed E-state index contributed by atoms with van der Waals surface area (Å²) in [5.41, 5.74) is 5.12. The van der Waals surface area contributed by atoms with Gasteiger partial charge in [0, 0.05) is 16.6 Å². The van der Waals surface area contributed by atoms with Crippen LogP contribution in [-0.4, -0.2) is 18.0 Å². The molecule has 5 nitrogen and oxygen atoms in total. The Labute approximate surface area is 138 Å². The topological polar surface area (TPSA) is 77.5 Å². The van der Waals surface area contributed by atoms with E-state index in [4.69, 9.17) is 14.9 Å². The fourth-order valence-corrected chi connectivity index (χ4v) is 1.95. The maximum atomic E-state index is 12.0. The van der Waals surface area contributed by atoms with Gasteiger partial charge in [-0.05, 0) is 50.2 Å². The first kappa shape index (κ1) is 16.6. The molecule has 1 aromatic carbocycles. The quantitative estimate of drug-likeness (QED) is 0.823. The van der Waals surface area contributed by atoms with E-state index >= 15 is 0 Å². The molecule has 0 radical (unpaired) electrons. The summed E-state index contributed by atoms with van der Waals surface area (Å²) in [6, 6.07) is 10.8. The molecule has 0 fully saturated rings.